The van der Waals surface area contributed by atoms with Crippen LogP contribution in [0.4, 0.5) is 0 Å². The van der Waals surface area contributed by atoms with Crippen LogP contribution in [0.2, 0.25) is 0 Å². The largest absolute Gasteiger partial charge is 0.870 e. The topological polar surface area (TPSA) is 66.5 Å². The van der Waals surface area contributed by atoms with E-state index >= 15 is 0 Å². The van der Waals surface area contributed by atoms with Gasteiger partial charge in [-0.15, -0.1) is 0 Å². The molecule has 48 valence electrons. The maximum absolute atomic E-state index is 5.01. The molecule has 0 heterocycles. The van der Waals surface area contributed by atoms with E-state index in [1.54, 1.807) is 0 Å². The van der Waals surface area contributed by atoms with E-state index < -0.39 is 12.3 Å². The molecule has 0 aliphatic heterocycles. The van der Waals surface area contributed by atoms with Gasteiger partial charge in [0.2, 0.25) is 0 Å². The molecule has 0 radical (unpaired) electrons. The summed E-state index contributed by atoms with van der Waals surface area (Å²) in [4.78, 5) is 0. The summed E-state index contributed by atoms with van der Waals surface area (Å²) in [5, 5.41) is 0. The first-order valence-corrected chi connectivity index (χ1v) is 9.35. The Balaban J connectivity index is -0.0000000800. The minimum Gasteiger partial charge on any atom is -0.870 e. The average Bonchev–Trinajstić information content (AvgIpc) is 0.722. The number of halogens is 4. The first-order chi connectivity index (χ1) is 2.00. The van der Waals surface area contributed by atoms with Crippen molar-refractivity contribution in [2.24, 2.45) is 0 Å². The molecule has 0 rings (SSSR count). The maximum Gasteiger partial charge on any atom is -0.369 e. The molecule has 0 saturated heterocycles. The van der Waals surface area contributed by atoms with Gasteiger partial charge < -0.3 is 11.6 Å². The Kier molecular flexibility index (Phi) is 13.5. The van der Waals surface area contributed by atoms with Crippen molar-refractivity contribution < 1.29 is 17.8 Å². The summed E-state index contributed by atoms with van der Waals surface area (Å²) in [7, 11) is 20.1. The van der Waals surface area contributed by atoms with Crippen LogP contribution in [-0.4, -0.2) is 5.48 Å². The van der Waals surface area contributed by atoms with Crippen molar-refractivity contribution >= 4 is 37.2 Å². The quantitative estimate of drug-likeness (QED) is 0.632. The van der Waals surface area contributed by atoms with Gasteiger partial charge in [0.25, 0.3) is 0 Å². The van der Waals surface area contributed by atoms with Crippen LogP contribution in [0.1, 0.15) is 0 Å². The minimum absolute atomic E-state index is 0. The summed E-state index contributed by atoms with van der Waals surface area (Å²) in [6.07, 6.45) is 0. The first-order valence-electron chi connectivity index (χ1n) is 0.756. The molecule has 7 heteroatoms. The van der Waals surface area contributed by atoms with E-state index in [2.05, 4.69) is 0 Å². The number of rotatable bonds is 0. The fourth-order valence-electron chi connectivity index (χ4n) is 0. The molecule has 2 nitrogen and oxygen atoms in total. The van der Waals surface area contributed by atoms with Gasteiger partial charge in [-0.05, 0) is 0 Å². The van der Waals surface area contributed by atoms with E-state index in [0.29, 0.717) is 0 Å². The Hall–Kier alpha value is 1.79. The van der Waals surface area contributed by atoms with Crippen LogP contribution in [0.5, 0.6) is 0 Å². The molecular weight excluding hydrogens is 220 g/mol. The predicted molar refractivity (Wildman–Crippen MR) is 31.3 cm³/mol. The molecule has 0 aromatic rings. The summed E-state index contributed by atoms with van der Waals surface area (Å²) in [5.41, 5.74) is 0. The third-order valence-corrected chi connectivity index (χ3v) is 0. The molecule has 0 aromatic heterocycles. The Morgan fingerprint density at radius 3 is 0.857 bits per heavy atom. The maximum atomic E-state index is 5.01. The average molecular weight is 225 g/mol. The van der Waals surface area contributed by atoms with E-state index in [1.807, 2.05) is 0 Å². The van der Waals surface area contributed by atoms with Crippen molar-refractivity contribution in [2.75, 3.05) is 0 Å². The van der Waals surface area contributed by atoms with Gasteiger partial charge in [0.1, 0.15) is 0 Å². The summed E-state index contributed by atoms with van der Waals surface area (Å²) < 4.78 is 0. The SMILES string of the molecule is [Cl][Ti]([Cl])([Cl])[Cl].[NH4+].[OH-]. The van der Waals surface area contributed by atoms with Crippen molar-refractivity contribution in [3.8, 4) is 0 Å². The van der Waals surface area contributed by atoms with Crippen LogP contribution in [0, 0.1) is 0 Å². The molecular formula is H5Cl4NOTi. The van der Waals surface area contributed by atoms with Crippen molar-refractivity contribution in [3.63, 3.8) is 0 Å². The smallest absolute Gasteiger partial charge is 0.369 e. The van der Waals surface area contributed by atoms with Crippen molar-refractivity contribution in [1.82, 2.24) is 6.15 Å². The van der Waals surface area contributed by atoms with Gasteiger partial charge in [0.15, 0.2) is 0 Å². The van der Waals surface area contributed by atoms with E-state index in [4.69, 9.17) is 37.2 Å². The Bertz CT molecular complexity index is 27.2. The molecule has 0 bridgehead atoms. The monoisotopic (exact) mass is 223 g/mol. The van der Waals surface area contributed by atoms with E-state index in [0.717, 1.165) is 0 Å². The second-order valence-corrected chi connectivity index (χ2v) is 15.9. The number of hydrogen-bond donors (Lipinski definition) is 1. The number of hydrogen-bond acceptors (Lipinski definition) is 1. The molecule has 0 aliphatic carbocycles. The van der Waals surface area contributed by atoms with Gasteiger partial charge in [0.05, 0.1) is 0 Å². The molecule has 0 aromatic carbocycles. The van der Waals surface area contributed by atoms with Crippen LogP contribution < -0.4 is 6.15 Å². The zero-order valence-corrected chi connectivity index (χ0v) is 8.04. The van der Waals surface area contributed by atoms with Gasteiger partial charge >= 0.3 is 49.6 Å². The van der Waals surface area contributed by atoms with E-state index in [-0.39, 0.29) is 11.6 Å². The second kappa shape index (κ2) is 5.92. The van der Waals surface area contributed by atoms with E-state index in [1.165, 1.54) is 0 Å². The Morgan fingerprint density at radius 1 is 0.857 bits per heavy atom. The zero-order valence-electron chi connectivity index (χ0n) is 3.46. The van der Waals surface area contributed by atoms with Gasteiger partial charge in [-0.1, -0.05) is 0 Å². The third-order valence-electron chi connectivity index (χ3n) is 0. The summed E-state index contributed by atoms with van der Waals surface area (Å²) >= 11 is -3.11. The van der Waals surface area contributed by atoms with Crippen molar-refractivity contribution in [1.29, 1.82) is 0 Å². The number of quaternary nitrogens is 1. The van der Waals surface area contributed by atoms with Gasteiger partial charge in [-0.25, -0.2) is 0 Å². The Morgan fingerprint density at radius 2 is 0.857 bits per heavy atom. The summed E-state index contributed by atoms with van der Waals surface area (Å²) in [6, 6.07) is 0. The van der Waals surface area contributed by atoms with Crippen LogP contribution in [0.25, 0.3) is 0 Å². The van der Waals surface area contributed by atoms with Crippen LogP contribution in [0.3, 0.4) is 0 Å². The molecule has 0 aliphatic rings. The second-order valence-electron chi connectivity index (χ2n) is 0.429. The van der Waals surface area contributed by atoms with Crippen molar-refractivity contribution in [3.05, 3.63) is 0 Å². The fourth-order valence-corrected chi connectivity index (χ4v) is 0. The molecule has 0 fully saturated rings. The predicted octanol–water partition coefficient (Wildman–Crippen LogP) is 2.95. The molecule has 5 N–H and O–H groups in total. The first kappa shape index (κ1) is 15.9. The van der Waals surface area contributed by atoms with Gasteiger partial charge in [-0.3, -0.25) is 0 Å². The zero-order chi connectivity index (χ0) is 4.50. The van der Waals surface area contributed by atoms with Crippen LogP contribution >= 0.6 is 37.2 Å². The van der Waals surface area contributed by atoms with Gasteiger partial charge in [0, 0.05) is 0 Å². The Labute approximate surface area is 60.8 Å². The molecule has 7 heavy (non-hydrogen) atoms. The molecule has 0 saturated carbocycles. The van der Waals surface area contributed by atoms with Crippen LogP contribution in [-0.2, 0) is 12.3 Å². The van der Waals surface area contributed by atoms with Crippen molar-refractivity contribution in [2.45, 2.75) is 0 Å². The molecule has 0 spiro atoms. The standard InChI is InChI=1S/4ClH.H3N.H2O.Ti/h4*1H;1H3;1H2;/q;;;;;;+4/p-4. The normalized spacial score (nSPS) is 8.57. The van der Waals surface area contributed by atoms with E-state index in [9.17, 15) is 0 Å². The molecule has 0 unspecified atom stereocenters. The summed E-state index contributed by atoms with van der Waals surface area (Å²) in [6.45, 7) is 0. The fraction of sp³-hybridized carbons (Fsp3) is 0. The van der Waals surface area contributed by atoms with Crippen LogP contribution in [0.15, 0.2) is 0 Å². The van der Waals surface area contributed by atoms with Gasteiger partial charge in [-0.2, -0.15) is 0 Å². The third kappa shape index (κ3) is 81.3. The summed E-state index contributed by atoms with van der Waals surface area (Å²) in [5.74, 6) is 0. The minimum atomic E-state index is -3.11. The molecule has 0 amide bonds. The molecule has 0 atom stereocenters.